The Bertz CT molecular complexity index is 451. The summed E-state index contributed by atoms with van der Waals surface area (Å²) in [6, 6.07) is 5.25. The largest absolute Gasteiger partial charge is 0.384 e. The quantitative estimate of drug-likeness (QED) is 0.856. The zero-order valence-electron chi connectivity index (χ0n) is 10.8. The highest BCUT2D eigenvalue weighted by Gasteiger charge is 2.16. The van der Waals surface area contributed by atoms with E-state index in [2.05, 4.69) is 11.1 Å². The van der Waals surface area contributed by atoms with E-state index in [1.165, 1.54) is 6.20 Å². The summed E-state index contributed by atoms with van der Waals surface area (Å²) in [7, 11) is 0. The molecule has 1 aromatic heterocycles. The average Bonchev–Trinajstić information content (AvgIpc) is 2.33. The topological polar surface area (TPSA) is 83.0 Å². The third-order valence-corrected chi connectivity index (χ3v) is 2.39. The molecule has 1 heterocycles. The SMILES string of the molecule is CC(C)CN(CCC#N)C(=O)c1ccnc(N)c1. The van der Waals surface area contributed by atoms with Gasteiger partial charge in [0.1, 0.15) is 5.82 Å². The first-order valence-corrected chi connectivity index (χ1v) is 5.92. The van der Waals surface area contributed by atoms with Crippen LogP contribution in [0.15, 0.2) is 18.3 Å². The minimum Gasteiger partial charge on any atom is -0.384 e. The second kappa shape index (κ2) is 6.60. The number of anilines is 1. The van der Waals surface area contributed by atoms with Crippen molar-refractivity contribution in [2.45, 2.75) is 20.3 Å². The number of nitrogens with zero attached hydrogens (tertiary/aromatic N) is 3. The van der Waals surface area contributed by atoms with Gasteiger partial charge >= 0.3 is 0 Å². The standard InChI is InChI=1S/C13H18N4O/c1-10(2)9-17(7-3-5-14)13(18)11-4-6-16-12(15)8-11/h4,6,8,10H,3,7,9H2,1-2H3,(H2,15,16). The Morgan fingerprint density at radius 3 is 2.89 bits per heavy atom. The zero-order valence-corrected chi connectivity index (χ0v) is 10.8. The summed E-state index contributed by atoms with van der Waals surface area (Å²) in [5.74, 6) is 0.575. The monoisotopic (exact) mass is 246 g/mol. The molecule has 0 aromatic carbocycles. The maximum absolute atomic E-state index is 12.3. The van der Waals surface area contributed by atoms with Crippen LogP contribution >= 0.6 is 0 Å². The number of aromatic nitrogens is 1. The second-order valence-electron chi connectivity index (χ2n) is 4.52. The highest BCUT2D eigenvalue weighted by atomic mass is 16.2. The fourth-order valence-electron chi connectivity index (χ4n) is 1.67. The summed E-state index contributed by atoms with van der Waals surface area (Å²) >= 11 is 0. The number of nitriles is 1. The summed E-state index contributed by atoms with van der Waals surface area (Å²) in [6.45, 7) is 5.14. The Labute approximate surface area is 107 Å². The molecule has 0 atom stereocenters. The smallest absolute Gasteiger partial charge is 0.254 e. The van der Waals surface area contributed by atoms with Crippen LogP contribution in [-0.4, -0.2) is 28.9 Å². The summed E-state index contributed by atoms with van der Waals surface area (Å²) in [6.07, 6.45) is 1.85. The fourth-order valence-corrected chi connectivity index (χ4v) is 1.67. The van der Waals surface area contributed by atoms with Crippen molar-refractivity contribution in [1.82, 2.24) is 9.88 Å². The highest BCUT2D eigenvalue weighted by molar-refractivity contribution is 5.94. The van der Waals surface area contributed by atoms with Crippen molar-refractivity contribution in [3.05, 3.63) is 23.9 Å². The molecule has 1 aromatic rings. The van der Waals surface area contributed by atoms with E-state index >= 15 is 0 Å². The van der Waals surface area contributed by atoms with Gasteiger partial charge in [0, 0.05) is 24.8 Å². The van der Waals surface area contributed by atoms with E-state index < -0.39 is 0 Å². The minimum absolute atomic E-state index is 0.104. The number of amides is 1. The number of hydrogen-bond acceptors (Lipinski definition) is 4. The van der Waals surface area contributed by atoms with Gasteiger partial charge in [0.2, 0.25) is 0 Å². The van der Waals surface area contributed by atoms with E-state index in [4.69, 9.17) is 11.0 Å². The van der Waals surface area contributed by atoms with Gasteiger partial charge < -0.3 is 10.6 Å². The molecule has 0 saturated carbocycles. The molecule has 18 heavy (non-hydrogen) atoms. The van der Waals surface area contributed by atoms with E-state index in [-0.39, 0.29) is 5.91 Å². The molecule has 0 bridgehead atoms. The molecule has 1 amide bonds. The number of nitrogens with two attached hydrogens (primary N) is 1. The van der Waals surface area contributed by atoms with Gasteiger partial charge in [-0.05, 0) is 18.1 Å². The van der Waals surface area contributed by atoms with Crippen molar-refractivity contribution < 1.29 is 4.79 Å². The molecule has 0 unspecified atom stereocenters. The molecule has 0 spiro atoms. The van der Waals surface area contributed by atoms with Crippen molar-refractivity contribution in [2.75, 3.05) is 18.8 Å². The molecule has 0 fully saturated rings. The minimum atomic E-state index is -0.104. The van der Waals surface area contributed by atoms with Gasteiger partial charge in [-0.25, -0.2) is 4.98 Å². The molecule has 0 aliphatic heterocycles. The van der Waals surface area contributed by atoms with Crippen molar-refractivity contribution in [1.29, 1.82) is 5.26 Å². The fraction of sp³-hybridized carbons (Fsp3) is 0.462. The van der Waals surface area contributed by atoms with E-state index in [0.717, 1.165) is 0 Å². The summed E-state index contributed by atoms with van der Waals surface area (Å²) in [4.78, 5) is 17.8. The Morgan fingerprint density at radius 2 is 2.33 bits per heavy atom. The maximum Gasteiger partial charge on any atom is 0.254 e. The first kappa shape index (κ1) is 14.0. The van der Waals surface area contributed by atoms with Crippen molar-refractivity contribution in [3.63, 3.8) is 0 Å². The van der Waals surface area contributed by atoms with Crippen LogP contribution in [0.1, 0.15) is 30.6 Å². The number of pyridine rings is 1. The van der Waals surface area contributed by atoms with Crippen LogP contribution in [0.5, 0.6) is 0 Å². The highest BCUT2D eigenvalue weighted by Crippen LogP contribution is 2.10. The number of nitrogen functional groups attached to an aromatic ring is 1. The van der Waals surface area contributed by atoms with Gasteiger partial charge in [0.05, 0.1) is 12.5 Å². The molecule has 5 nitrogen and oxygen atoms in total. The first-order valence-electron chi connectivity index (χ1n) is 5.92. The molecule has 2 N–H and O–H groups in total. The van der Waals surface area contributed by atoms with Crippen LogP contribution in [0.3, 0.4) is 0 Å². The molecular weight excluding hydrogens is 228 g/mol. The normalized spacial score (nSPS) is 10.1. The molecule has 0 saturated heterocycles. The average molecular weight is 246 g/mol. The molecule has 1 rings (SSSR count). The predicted molar refractivity (Wildman–Crippen MR) is 69.6 cm³/mol. The van der Waals surface area contributed by atoms with E-state index in [0.29, 0.717) is 36.8 Å². The molecule has 96 valence electrons. The molecular formula is C13H18N4O. The Hall–Kier alpha value is -2.09. The number of carbonyl (C=O) groups excluding carboxylic acids is 1. The predicted octanol–water partition coefficient (Wildman–Crippen LogP) is 1.68. The Morgan fingerprint density at radius 1 is 1.61 bits per heavy atom. The lowest BCUT2D eigenvalue weighted by atomic mass is 10.1. The van der Waals surface area contributed by atoms with Crippen LogP contribution in [0.4, 0.5) is 5.82 Å². The van der Waals surface area contributed by atoms with E-state index in [1.54, 1.807) is 17.0 Å². The molecule has 0 aliphatic rings. The van der Waals surface area contributed by atoms with Gasteiger partial charge in [-0.3, -0.25) is 4.79 Å². The van der Waals surface area contributed by atoms with E-state index in [9.17, 15) is 4.79 Å². The lowest BCUT2D eigenvalue weighted by molar-refractivity contribution is 0.0740. The van der Waals surface area contributed by atoms with E-state index in [1.807, 2.05) is 13.8 Å². The summed E-state index contributed by atoms with van der Waals surface area (Å²) in [5, 5.41) is 8.63. The number of rotatable bonds is 5. The molecule has 0 aliphatic carbocycles. The summed E-state index contributed by atoms with van der Waals surface area (Å²) < 4.78 is 0. The maximum atomic E-state index is 12.3. The van der Waals surface area contributed by atoms with Gasteiger partial charge in [0.15, 0.2) is 0 Å². The van der Waals surface area contributed by atoms with Gasteiger partial charge in [0.25, 0.3) is 5.91 Å². The van der Waals surface area contributed by atoms with Crippen molar-refractivity contribution in [2.24, 2.45) is 5.92 Å². The number of hydrogen-bond donors (Lipinski definition) is 1. The van der Waals surface area contributed by atoms with Crippen LogP contribution in [0, 0.1) is 17.2 Å². The van der Waals surface area contributed by atoms with Crippen molar-refractivity contribution >= 4 is 11.7 Å². The van der Waals surface area contributed by atoms with Crippen LogP contribution < -0.4 is 5.73 Å². The molecule has 0 radical (unpaired) electrons. The second-order valence-corrected chi connectivity index (χ2v) is 4.52. The van der Waals surface area contributed by atoms with Crippen LogP contribution in [0.2, 0.25) is 0 Å². The lowest BCUT2D eigenvalue weighted by Gasteiger charge is -2.23. The Kier molecular flexibility index (Phi) is 5.12. The summed E-state index contributed by atoms with van der Waals surface area (Å²) in [5.41, 5.74) is 6.08. The zero-order chi connectivity index (χ0) is 13.5. The molecule has 5 heteroatoms. The third-order valence-electron chi connectivity index (χ3n) is 2.39. The third kappa shape index (κ3) is 4.06. The van der Waals surface area contributed by atoms with Gasteiger partial charge in [-0.2, -0.15) is 5.26 Å². The first-order chi connectivity index (χ1) is 8.54. The van der Waals surface area contributed by atoms with Gasteiger partial charge in [-0.15, -0.1) is 0 Å². The number of carbonyl (C=O) groups is 1. The van der Waals surface area contributed by atoms with Gasteiger partial charge in [-0.1, -0.05) is 13.8 Å². The van der Waals surface area contributed by atoms with Crippen molar-refractivity contribution in [3.8, 4) is 6.07 Å². The van der Waals surface area contributed by atoms with Crippen LogP contribution in [-0.2, 0) is 0 Å². The lowest BCUT2D eigenvalue weighted by Crippen LogP contribution is -2.35. The Balaban J connectivity index is 2.84. The van der Waals surface area contributed by atoms with Crippen LogP contribution in [0.25, 0.3) is 0 Å².